The fourth-order valence-corrected chi connectivity index (χ4v) is 3.17. The Morgan fingerprint density at radius 1 is 1.27 bits per heavy atom. The number of aromatic nitrogens is 2. The summed E-state index contributed by atoms with van der Waals surface area (Å²) in [6.45, 7) is 3.27. The molecule has 218 valence electrons. The summed E-state index contributed by atoms with van der Waals surface area (Å²) in [5.74, 6) is 5.20. The van der Waals surface area contributed by atoms with Crippen molar-refractivity contribution in [1.29, 1.82) is 0 Å². The number of amides is 2. The molecule has 1 aromatic rings. The first kappa shape index (κ1) is 32.2. The van der Waals surface area contributed by atoms with Crippen LogP contribution in [0.25, 0.3) is 0 Å². The van der Waals surface area contributed by atoms with Gasteiger partial charge >= 0.3 is 6.18 Å². The Morgan fingerprint density at radius 2 is 2.02 bits per heavy atom. The van der Waals surface area contributed by atoms with Crippen molar-refractivity contribution in [2.45, 2.75) is 44.9 Å². The Labute approximate surface area is 233 Å². The first-order valence-corrected chi connectivity index (χ1v) is 12.8. The van der Waals surface area contributed by atoms with E-state index >= 15 is 0 Å². The number of allylic oxidation sites excluding steroid dienone is 1. The predicted octanol–water partition coefficient (Wildman–Crippen LogP) is 2.46. The SMILES string of the molecule is CC1C=CC(Nc2ncc(C#CCCCNC(=O)[C@H](C)N(C)C(=O)/C=C/CN(C)C)c(NCC(F)(F)F)n2)=CN1. The van der Waals surface area contributed by atoms with E-state index in [-0.39, 0.29) is 35.2 Å². The van der Waals surface area contributed by atoms with Crippen LogP contribution in [0.15, 0.2) is 42.4 Å². The van der Waals surface area contributed by atoms with Crippen LogP contribution in [0.2, 0.25) is 0 Å². The molecule has 13 heteroatoms. The number of anilines is 2. The Kier molecular flexibility index (Phi) is 12.5. The van der Waals surface area contributed by atoms with Crippen molar-refractivity contribution in [3.05, 3.63) is 48.0 Å². The van der Waals surface area contributed by atoms with Gasteiger partial charge in [0.2, 0.25) is 17.8 Å². The lowest BCUT2D eigenvalue weighted by atomic mass is 10.2. The van der Waals surface area contributed by atoms with E-state index < -0.39 is 18.8 Å². The summed E-state index contributed by atoms with van der Waals surface area (Å²) in [5.41, 5.74) is 0.876. The summed E-state index contributed by atoms with van der Waals surface area (Å²) in [7, 11) is 5.33. The van der Waals surface area contributed by atoms with Crippen molar-refractivity contribution < 1.29 is 22.8 Å². The molecular formula is C27H37F3N8O2. The van der Waals surface area contributed by atoms with Gasteiger partial charge in [0.1, 0.15) is 18.4 Å². The van der Waals surface area contributed by atoms with Gasteiger partial charge in [-0.25, -0.2) is 4.98 Å². The second-order valence-electron chi connectivity index (χ2n) is 9.45. The number of dihydropyridines is 1. The molecule has 2 atom stereocenters. The molecule has 0 saturated carbocycles. The normalized spacial score (nSPS) is 15.5. The maximum Gasteiger partial charge on any atom is 0.405 e. The molecule has 0 radical (unpaired) electrons. The van der Waals surface area contributed by atoms with Crippen molar-refractivity contribution >= 4 is 23.6 Å². The highest BCUT2D eigenvalue weighted by atomic mass is 19.4. The summed E-state index contributed by atoms with van der Waals surface area (Å²) in [6, 6.07) is -0.496. The van der Waals surface area contributed by atoms with E-state index in [1.807, 2.05) is 38.1 Å². The Morgan fingerprint density at radius 3 is 2.67 bits per heavy atom. The molecule has 0 fully saturated rings. The van der Waals surface area contributed by atoms with Crippen LogP contribution in [0.4, 0.5) is 24.9 Å². The quantitative estimate of drug-likeness (QED) is 0.175. The van der Waals surface area contributed by atoms with Gasteiger partial charge in [0.05, 0.1) is 17.5 Å². The summed E-state index contributed by atoms with van der Waals surface area (Å²) < 4.78 is 38.5. The zero-order valence-electron chi connectivity index (χ0n) is 23.4. The third-order valence-corrected chi connectivity index (χ3v) is 5.61. The van der Waals surface area contributed by atoms with E-state index in [0.29, 0.717) is 31.6 Å². The minimum atomic E-state index is -4.44. The average molecular weight is 563 g/mol. The van der Waals surface area contributed by atoms with Gasteiger partial charge < -0.3 is 31.1 Å². The maximum atomic E-state index is 12.8. The molecular weight excluding hydrogens is 525 g/mol. The van der Waals surface area contributed by atoms with Crippen LogP contribution in [0.1, 0.15) is 32.3 Å². The molecule has 0 saturated heterocycles. The molecule has 1 unspecified atom stereocenters. The number of halogens is 3. The minimum Gasteiger partial charge on any atom is -0.383 e. The fraction of sp³-hybridized carbons (Fsp3) is 0.481. The van der Waals surface area contributed by atoms with Crippen LogP contribution in [0, 0.1) is 11.8 Å². The van der Waals surface area contributed by atoms with E-state index in [9.17, 15) is 22.8 Å². The predicted molar refractivity (Wildman–Crippen MR) is 149 cm³/mol. The number of carbonyl (C=O) groups excluding carboxylic acids is 2. The lowest BCUT2D eigenvalue weighted by molar-refractivity contribution is -0.135. The van der Waals surface area contributed by atoms with Gasteiger partial charge in [0.25, 0.3) is 0 Å². The summed E-state index contributed by atoms with van der Waals surface area (Å²) >= 11 is 0. The lowest BCUT2D eigenvalue weighted by Crippen LogP contribution is -2.45. The highest BCUT2D eigenvalue weighted by molar-refractivity contribution is 5.92. The second-order valence-corrected chi connectivity index (χ2v) is 9.45. The highest BCUT2D eigenvalue weighted by Crippen LogP contribution is 2.19. The average Bonchev–Trinajstić information content (AvgIpc) is 2.89. The molecule has 1 aromatic heterocycles. The monoisotopic (exact) mass is 562 g/mol. The molecule has 0 aromatic carbocycles. The standard InChI is InChI=1S/C27H37F3N8O2/c1-19-12-13-22(17-32-19)35-26-33-16-21(24(36-26)34-18-27(28,29)30)10-7-6-8-14-31-25(40)20(2)38(5)23(39)11-9-15-37(3)4/h9,11-13,16-17,19-20,32H,6,8,14-15,18H2,1-5H3,(H,31,40)(H2,33,34,35,36)/b11-9+/t19?,20-/m0/s1. The smallest absolute Gasteiger partial charge is 0.383 e. The Hall–Kier alpha value is -4.05. The third-order valence-electron chi connectivity index (χ3n) is 5.61. The van der Waals surface area contributed by atoms with E-state index in [0.717, 1.165) is 0 Å². The largest absolute Gasteiger partial charge is 0.405 e. The summed E-state index contributed by atoms with van der Waals surface area (Å²) in [4.78, 5) is 36.2. The molecule has 10 nitrogen and oxygen atoms in total. The van der Waals surface area contributed by atoms with Crippen LogP contribution in [0.3, 0.4) is 0 Å². The number of nitrogens with one attached hydrogen (secondary N) is 4. The minimum absolute atomic E-state index is 0.0431. The van der Waals surface area contributed by atoms with E-state index in [1.165, 1.54) is 17.2 Å². The van der Waals surface area contributed by atoms with Crippen molar-refractivity contribution in [2.75, 3.05) is 51.4 Å². The number of hydrogen-bond donors (Lipinski definition) is 4. The van der Waals surface area contributed by atoms with Crippen LogP contribution in [-0.4, -0.2) is 90.6 Å². The van der Waals surface area contributed by atoms with Crippen LogP contribution < -0.4 is 21.3 Å². The fourth-order valence-electron chi connectivity index (χ4n) is 3.17. The van der Waals surface area contributed by atoms with Gasteiger partial charge in [-0.15, -0.1) is 0 Å². The number of carbonyl (C=O) groups is 2. The number of hydrogen-bond acceptors (Lipinski definition) is 8. The maximum absolute atomic E-state index is 12.8. The molecule has 1 aliphatic heterocycles. The van der Waals surface area contributed by atoms with Gasteiger partial charge in [-0.1, -0.05) is 24.0 Å². The van der Waals surface area contributed by atoms with Crippen LogP contribution >= 0.6 is 0 Å². The molecule has 2 rings (SSSR count). The van der Waals surface area contributed by atoms with Crippen molar-refractivity contribution in [3.63, 3.8) is 0 Å². The molecule has 1 aliphatic rings. The molecule has 0 spiro atoms. The molecule has 2 amide bonds. The van der Waals surface area contributed by atoms with Crippen molar-refractivity contribution in [1.82, 2.24) is 30.4 Å². The lowest BCUT2D eigenvalue weighted by Gasteiger charge is -2.23. The van der Waals surface area contributed by atoms with Crippen LogP contribution in [-0.2, 0) is 9.59 Å². The van der Waals surface area contributed by atoms with E-state index in [4.69, 9.17) is 0 Å². The molecule has 40 heavy (non-hydrogen) atoms. The highest BCUT2D eigenvalue weighted by Gasteiger charge is 2.27. The van der Waals surface area contributed by atoms with Crippen molar-refractivity contribution in [3.8, 4) is 11.8 Å². The number of alkyl halides is 3. The number of likely N-dealkylation sites (N-methyl/N-ethyl adjacent to an activating group) is 2. The topological polar surface area (TPSA) is 115 Å². The zero-order chi connectivity index (χ0) is 29.7. The molecule has 2 heterocycles. The number of rotatable bonds is 12. The van der Waals surface area contributed by atoms with Gasteiger partial charge in [-0.3, -0.25) is 9.59 Å². The first-order chi connectivity index (χ1) is 18.9. The molecule has 4 N–H and O–H groups in total. The third kappa shape index (κ3) is 11.8. The van der Waals surface area contributed by atoms with Gasteiger partial charge in [-0.05, 0) is 40.4 Å². The van der Waals surface area contributed by atoms with Crippen LogP contribution in [0.5, 0.6) is 0 Å². The Balaban J connectivity index is 1.91. The van der Waals surface area contributed by atoms with E-state index in [2.05, 4.69) is 43.1 Å². The van der Waals surface area contributed by atoms with Gasteiger partial charge in [0, 0.05) is 44.9 Å². The van der Waals surface area contributed by atoms with E-state index in [1.54, 1.807) is 26.2 Å². The second kappa shape index (κ2) is 15.5. The number of nitrogens with zero attached hydrogens (tertiary/aromatic N) is 4. The first-order valence-electron chi connectivity index (χ1n) is 12.8. The number of unbranched alkanes of at least 4 members (excludes halogenated alkanes) is 1. The summed E-state index contributed by atoms with van der Waals surface area (Å²) in [5, 5.41) is 11.1. The van der Waals surface area contributed by atoms with Gasteiger partial charge in [0.15, 0.2) is 0 Å². The van der Waals surface area contributed by atoms with Gasteiger partial charge in [-0.2, -0.15) is 18.2 Å². The molecule has 0 bridgehead atoms. The van der Waals surface area contributed by atoms with Crippen molar-refractivity contribution in [2.24, 2.45) is 0 Å². The Bertz CT molecular complexity index is 1170. The zero-order valence-corrected chi connectivity index (χ0v) is 23.4. The molecule has 0 aliphatic carbocycles. The summed E-state index contributed by atoms with van der Waals surface area (Å²) in [6.07, 6.45) is 6.42.